The Morgan fingerprint density at radius 1 is 1.37 bits per heavy atom. The first-order chi connectivity index (χ1) is 12.8. The molecular formula is C23H35NO3. The molecule has 27 heavy (non-hydrogen) atoms. The Bertz CT molecular complexity index is 625. The maximum Gasteiger partial charge on any atom is 0.222 e. The second kappa shape index (κ2) is 10.1. The Morgan fingerprint density at radius 3 is 2.78 bits per heavy atom. The summed E-state index contributed by atoms with van der Waals surface area (Å²) >= 11 is 0. The lowest BCUT2D eigenvalue weighted by Crippen LogP contribution is -2.20. The molecule has 2 fully saturated rings. The van der Waals surface area contributed by atoms with E-state index in [-0.39, 0.29) is 23.8 Å². The number of carbonyl (C=O) groups excluding carboxylic acids is 1. The van der Waals surface area contributed by atoms with Gasteiger partial charge in [-0.2, -0.15) is 0 Å². The van der Waals surface area contributed by atoms with Gasteiger partial charge in [0.2, 0.25) is 5.91 Å². The molecule has 2 saturated carbocycles. The molecule has 2 rings (SSSR count). The normalized spacial score (nSPS) is 30.8. The highest BCUT2D eigenvalue weighted by molar-refractivity contribution is 5.75. The molecule has 2 aliphatic rings. The van der Waals surface area contributed by atoms with Gasteiger partial charge in [0.25, 0.3) is 0 Å². The topological polar surface area (TPSA) is 60.8 Å². The van der Waals surface area contributed by atoms with Gasteiger partial charge >= 0.3 is 0 Å². The average molecular weight is 374 g/mol. The number of hydrogen-bond donors (Lipinski definition) is 2. The molecule has 0 bridgehead atoms. The van der Waals surface area contributed by atoms with Gasteiger partial charge in [-0.05, 0) is 50.4 Å². The van der Waals surface area contributed by atoms with Gasteiger partial charge in [0, 0.05) is 32.9 Å². The van der Waals surface area contributed by atoms with Gasteiger partial charge in [-0.15, -0.1) is 11.8 Å². The number of rotatable bonds is 7. The summed E-state index contributed by atoms with van der Waals surface area (Å²) in [5.41, 5.74) is 1.42. The molecular weight excluding hydrogens is 338 g/mol. The van der Waals surface area contributed by atoms with Crippen molar-refractivity contribution in [2.75, 3.05) is 14.1 Å². The smallest absolute Gasteiger partial charge is 0.222 e. The molecule has 0 heterocycles. The summed E-state index contributed by atoms with van der Waals surface area (Å²) in [6, 6.07) is 0. The average Bonchev–Trinajstić information content (AvgIpc) is 3.13. The summed E-state index contributed by atoms with van der Waals surface area (Å²) in [7, 11) is 3.58. The zero-order valence-electron chi connectivity index (χ0n) is 17.2. The van der Waals surface area contributed by atoms with E-state index >= 15 is 0 Å². The molecule has 0 aromatic heterocycles. The van der Waals surface area contributed by atoms with Gasteiger partial charge in [-0.3, -0.25) is 4.79 Å². The Hall–Kier alpha value is -1.57. The quantitative estimate of drug-likeness (QED) is 0.532. The van der Waals surface area contributed by atoms with Crippen LogP contribution in [0.25, 0.3) is 0 Å². The van der Waals surface area contributed by atoms with Crippen molar-refractivity contribution in [1.29, 1.82) is 0 Å². The van der Waals surface area contributed by atoms with Gasteiger partial charge in [0.1, 0.15) is 0 Å². The van der Waals surface area contributed by atoms with Crippen LogP contribution < -0.4 is 0 Å². The summed E-state index contributed by atoms with van der Waals surface area (Å²) in [5, 5.41) is 20.8. The van der Waals surface area contributed by atoms with Crippen molar-refractivity contribution in [3.8, 4) is 11.8 Å². The van der Waals surface area contributed by atoms with E-state index in [0.29, 0.717) is 24.7 Å². The molecule has 2 N–H and O–H groups in total. The summed E-state index contributed by atoms with van der Waals surface area (Å²) in [5.74, 6) is 7.22. The maximum absolute atomic E-state index is 11.7. The maximum atomic E-state index is 11.7. The molecule has 2 aliphatic carbocycles. The SMILES string of the molecule is CC#CC[C@H](C)[C@H](O)/C=C/[C@@H]1[C@H]2C/C(=C/CCC(=O)N(C)C)C[C@H]2C[C@H]1O. The molecule has 0 unspecified atom stereocenters. The van der Waals surface area contributed by atoms with Gasteiger partial charge < -0.3 is 15.1 Å². The molecule has 0 radical (unpaired) electrons. The number of carbonyl (C=O) groups is 1. The minimum Gasteiger partial charge on any atom is -0.392 e. The van der Waals surface area contributed by atoms with Crippen LogP contribution in [0.2, 0.25) is 0 Å². The van der Waals surface area contributed by atoms with E-state index in [1.165, 1.54) is 5.57 Å². The Balaban J connectivity index is 1.91. The second-order valence-electron chi connectivity index (χ2n) is 8.39. The fraction of sp³-hybridized carbons (Fsp3) is 0.696. The molecule has 4 nitrogen and oxygen atoms in total. The summed E-state index contributed by atoms with van der Waals surface area (Å²) in [4.78, 5) is 13.3. The zero-order chi connectivity index (χ0) is 20.0. The minimum absolute atomic E-state index is 0.0938. The first-order valence-corrected chi connectivity index (χ1v) is 10.2. The summed E-state index contributed by atoms with van der Waals surface area (Å²) in [6.07, 6.45) is 10.2. The number of hydrogen-bond acceptors (Lipinski definition) is 3. The summed E-state index contributed by atoms with van der Waals surface area (Å²) in [6.45, 7) is 3.81. The van der Waals surface area contributed by atoms with Crippen LogP contribution in [0.15, 0.2) is 23.8 Å². The predicted octanol–water partition coefficient (Wildman–Crippen LogP) is 3.15. The fourth-order valence-corrected chi connectivity index (χ4v) is 4.38. The van der Waals surface area contributed by atoms with E-state index in [0.717, 1.165) is 25.7 Å². The second-order valence-corrected chi connectivity index (χ2v) is 8.39. The third-order valence-corrected chi connectivity index (χ3v) is 6.12. The lowest BCUT2D eigenvalue weighted by atomic mass is 9.89. The molecule has 0 saturated heterocycles. The van der Waals surface area contributed by atoms with Crippen molar-refractivity contribution in [1.82, 2.24) is 4.90 Å². The molecule has 4 heteroatoms. The third kappa shape index (κ3) is 5.96. The van der Waals surface area contributed by atoms with Gasteiger partial charge in [-0.25, -0.2) is 0 Å². The first-order valence-electron chi connectivity index (χ1n) is 10.2. The molecule has 6 atom stereocenters. The number of amides is 1. The van der Waals surface area contributed by atoms with Gasteiger partial charge in [0.15, 0.2) is 0 Å². The first kappa shape index (κ1) is 21.7. The number of aliphatic hydroxyl groups is 2. The van der Waals surface area contributed by atoms with Crippen molar-refractivity contribution in [2.24, 2.45) is 23.7 Å². The van der Waals surface area contributed by atoms with E-state index < -0.39 is 6.10 Å². The number of nitrogens with zero attached hydrogens (tertiary/aromatic N) is 1. The number of allylic oxidation sites excluding steroid dienone is 2. The monoisotopic (exact) mass is 373 g/mol. The van der Waals surface area contributed by atoms with Gasteiger partial charge in [0.05, 0.1) is 12.2 Å². The van der Waals surface area contributed by atoms with Gasteiger partial charge in [-0.1, -0.05) is 30.7 Å². The van der Waals surface area contributed by atoms with Crippen molar-refractivity contribution in [3.63, 3.8) is 0 Å². The van der Waals surface area contributed by atoms with Crippen molar-refractivity contribution in [2.45, 2.75) is 64.6 Å². The molecule has 0 spiro atoms. The lowest BCUT2D eigenvalue weighted by molar-refractivity contribution is -0.128. The lowest BCUT2D eigenvalue weighted by Gasteiger charge is -2.19. The number of aliphatic hydroxyl groups excluding tert-OH is 2. The van der Waals surface area contributed by atoms with E-state index in [1.54, 1.807) is 19.0 Å². The van der Waals surface area contributed by atoms with E-state index in [1.807, 2.05) is 26.0 Å². The van der Waals surface area contributed by atoms with Crippen LogP contribution in [0.4, 0.5) is 0 Å². The van der Waals surface area contributed by atoms with Crippen LogP contribution in [0.1, 0.15) is 52.4 Å². The van der Waals surface area contributed by atoms with Crippen LogP contribution in [0.3, 0.4) is 0 Å². The highest BCUT2D eigenvalue weighted by Gasteiger charge is 2.44. The van der Waals surface area contributed by atoms with E-state index in [2.05, 4.69) is 17.9 Å². The van der Waals surface area contributed by atoms with Crippen LogP contribution in [-0.4, -0.2) is 47.3 Å². The van der Waals surface area contributed by atoms with Crippen LogP contribution in [0, 0.1) is 35.5 Å². The molecule has 0 aliphatic heterocycles. The van der Waals surface area contributed by atoms with Crippen molar-refractivity contribution in [3.05, 3.63) is 23.8 Å². The predicted molar refractivity (Wildman–Crippen MR) is 109 cm³/mol. The Kier molecular flexibility index (Phi) is 8.13. The Morgan fingerprint density at radius 2 is 2.11 bits per heavy atom. The summed E-state index contributed by atoms with van der Waals surface area (Å²) < 4.78 is 0. The molecule has 1 amide bonds. The van der Waals surface area contributed by atoms with E-state index in [9.17, 15) is 15.0 Å². The van der Waals surface area contributed by atoms with Crippen LogP contribution in [0.5, 0.6) is 0 Å². The molecule has 150 valence electrons. The van der Waals surface area contributed by atoms with Crippen LogP contribution >= 0.6 is 0 Å². The van der Waals surface area contributed by atoms with Crippen LogP contribution in [-0.2, 0) is 4.79 Å². The largest absolute Gasteiger partial charge is 0.392 e. The highest BCUT2D eigenvalue weighted by Crippen LogP contribution is 2.50. The molecule has 0 aromatic carbocycles. The van der Waals surface area contributed by atoms with Crippen molar-refractivity contribution >= 4 is 5.91 Å². The number of fused-ring (bicyclic) bond motifs is 1. The van der Waals surface area contributed by atoms with Crippen molar-refractivity contribution < 1.29 is 15.0 Å². The van der Waals surface area contributed by atoms with E-state index in [4.69, 9.17) is 0 Å². The fourth-order valence-electron chi connectivity index (χ4n) is 4.38. The highest BCUT2D eigenvalue weighted by atomic mass is 16.3. The zero-order valence-corrected chi connectivity index (χ0v) is 17.2. The third-order valence-electron chi connectivity index (χ3n) is 6.12. The molecule has 0 aromatic rings. The minimum atomic E-state index is -0.523. The Labute approximate surface area is 164 Å². The standard InChI is InChI=1S/C23H35NO3/c1-5-6-8-16(2)21(25)12-11-19-20-14-17(13-18(20)15-22(19)26)9-7-10-23(27)24(3)4/h9,11-12,16,18-22,25-26H,7-8,10,13-15H2,1-4H3/b12-11+,17-9+/t16-,18-,19+,20-,21+,22+/m0/s1.